The summed E-state index contributed by atoms with van der Waals surface area (Å²) in [6, 6.07) is 10.6. The summed E-state index contributed by atoms with van der Waals surface area (Å²) in [6.07, 6.45) is 13.3. The molecule has 2 aliphatic carbocycles. The van der Waals surface area contributed by atoms with Gasteiger partial charge in [0.2, 0.25) is 5.95 Å². The summed E-state index contributed by atoms with van der Waals surface area (Å²) in [6.45, 7) is 2.24. The van der Waals surface area contributed by atoms with Gasteiger partial charge in [0.25, 0.3) is 5.56 Å². The van der Waals surface area contributed by atoms with Crippen molar-refractivity contribution in [3.63, 3.8) is 0 Å². The first-order chi connectivity index (χ1) is 17.7. The lowest BCUT2D eigenvalue weighted by Crippen LogP contribution is -2.27. The van der Waals surface area contributed by atoms with E-state index in [0.717, 1.165) is 75.0 Å². The van der Waals surface area contributed by atoms with Gasteiger partial charge in [-0.15, -0.1) is 0 Å². The molecule has 3 fully saturated rings. The first-order valence-electron chi connectivity index (χ1n) is 13.7. The zero-order chi connectivity index (χ0) is 24.3. The van der Waals surface area contributed by atoms with E-state index in [2.05, 4.69) is 51.7 Å². The van der Waals surface area contributed by atoms with Crippen LogP contribution in [0.3, 0.4) is 0 Å². The van der Waals surface area contributed by atoms with Crippen molar-refractivity contribution in [2.75, 3.05) is 18.4 Å². The molecule has 3 aromatic rings. The molecule has 1 aromatic carbocycles. The number of pyridine rings is 1. The molecule has 1 aliphatic heterocycles. The fourth-order valence-corrected chi connectivity index (χ4v) is 6.10. The van der Waals surface area contributed by atoms with Gasteiger partial charge in [-0.2, -0.15) is 4.98 Å². The summed E-state index contributed by atoms with van der Waals surface area (Å²) in [5.74, 6) is 8.28. The molecule has 0 spiro atoms. The smallest absolute Gasteiger partial charge is 0.268 e. The Bertz CT molecular complexity index is 1330. The molecule has 36 heavy (non-hydrogen) atoms. The lowest BCUT2D eigenvalue weighted by Gasteiger charge is -2.17. The van der Waals surface area contributed by atoms with Crippen molar-refractivity contribution in [2.45, 2.75) is 70.3 Å². The van der Waals surface area contributed by atoms with Gasteiger partial charge in [0.15, 0.2) is 0 Å². The molecule has 0 radical (unpaired) electrons. The van der Waals surface area contributed by atoms with E-state index in [9.17, 15) is 4.79 Å². The predicted octanol–water partition coefficient (Wildman–Crippen LogP) is 5.34. The van der Waals surface area contributed by atoms with Crippen LogP contribution in [0.2, 0.25) is 0 Å². The highest BCUT2D eigenvalue weighted by Crippen LogP contribution is 2.31. The molecular formula is C30H35N5O. The number of aromatic nitrogens is 3. The minimum absolute atomic E-state index is 0.00435. The maximum Gasteiger partial charge on any atom is 0.268 e. The maximum atomic E-state index is 13.6. The number of anilines is 2. The Hall–Kier alpha value is -3.17. The SMILES string of the molecule is O=c1c(C#CC2CCCC2)cc2cnc(Nc3ccc(CC4CCNC4)cc3)nc2n1C1CCCC1. The van der Waals surface area contributed by atoms with Gasteiger partial charge in [0.1, 0.15) is 5.65 Å². The highest BCUT2D eigenvalue weighted by molar-refractivity contribution is 5.77. The van der Waals surface area contributed by atoms with Gasteiger partial charge >= 0.3 is 0 Å². The number of fused-ring (bicyclic) bond motifs is 1. The molecule has 0 bridgehead atoms. The van der Waals surface area contributed by atoms with E-state index in [1.807, 2.05) is 16.8 Å². The van der Waals surface area contributed by atoms with Gasteiger partial charge in [-0.3, -0.25) is 9.36 Å². The van der Waals surface area contributed by atoms with E-state index in [1.165, 1.54) is 24.8 Å². The highest BCUT2D eigenvalue weighted by atomic mass is 16.1. The zero-order valence-corrected chi connectivity index (χ0v) is 20.9. The van der Waals surface area contributed by atoms with Crippen LogP contribution in [0.15, 0.2) is 41.3 Å². The van der Waals surface area contributed by atoms with E-state index in [1.54, 1.807) is 0 Å². The van der Waals surface area contributed by atoms with E-state index in [0.29, 0.717) is 23.1 Å². The fraction of sp³-hybridized carbons (Fsp3) is 0.500. The van der Waals surface area contributed by atoms with Crippen molar-refractivity contribution in [1.82, 2.24) is 19.9 Å². The molecule has 3 heterocycles. The van der Waals surface area contributed by atoms with Crippen LogP contribution in [-0.4, -0.2) is 27.6 Å². The summed E-state index contributed by atoms with van der Waals surface area (Å²) in [4.78, 5) is 23.0. The molecule has 2 aromatic heterocycles. The van der Waals surface area contributed by atoms with Crippen LogP contribution in [0, 0.1) is 23.7 Å². The Morgan fingerprint density at radius 1 is 1.03 bits per heavy atom. The third-order valence-electron chi connectivity index (χ3n) is 8.13. The number of hydrogen-bond donors (Lipinski definition) is 2. The van der Waals surface area contributed by atoms with Crippen LogP contribution in [0.4, 0.5) is 11.6 Å². The van der Waals surface area contributed by atoms with Crippen LogP contribution in [0.1, 0.15) is 75.0 Å². The van der Waals surface area contributed by atoms with E-state index in [4.69, 9.17) is 4.98 Å². The number of benzene rings is 1. The average molecular weight is 482 g/mol. The van der Waals surface area contributed by atoms with Gasteiger partial charge in [0.05, 0.1) is 5.56 Å². The molecule has 0 amide bonds. The van der Waals surface area contributed by atoms with Gasteiger partial charge < -0.3 is 10.6 Å². The summed E-state index contributed by atoms with van der Waals surface area (Å²) in [5.41, 5.74) is 3.60. The predicted molar refractivity (Wildman–Crippen MR) is 145 cm³/mol. The van der Waals surface area contributed by atoms with E-state index >= 15 is 0 Å². The van der Waals surface area contributed by atoms with Crippen LogP contribution < -0.4 is 16.2 Å². The van der Waals surface area contributed by atoms with Crippen molar-refractivity contribution < 1.29 is 0 Å². The van der Waals surface area contributed by atoms with Crippen LogP contribution in [0.25, 0.3) is 11.0 Å². The maximum absolute atomic E-state index is 13.6. The van der Waals surface area contributed by atoms with Crippen LogP contribution >= 0.6 is 0 Å². The standard InChI is InChI=1S/C30H35N5O/c36-29-24(12-9-21-5-1-2-6-21)18-25-20-32-30(34-28(25)35(29)27-7-3-4-8-27)33-26-13-10-22(11-14-26)17-23-15-16-31-19-23/h10-11,13-14,18,20-21,23,27,31H,1-8,15-17,19H2,(H,32,33,34). The topological polar surface area (TPSA) is 71.8 Å². The minimum atomic E-state index is -0.00435. The Morgan fingerprint density at radius 3 is 2.56 bits per heavy atom. The average Bonchev–Trinajstić information content (AvgIpc) is 3.68. The van der Waals surface area contributed by atoms with Gasteiger partial charge in [0, 0.05) is 29.2 Å². The molecule has 2 N–H and O–H groups in total. The normalized spacial score (nSPS) is 20.6. The van der Waals surface area contributed by atoms with E-state index in [-0.39, 0.29) is 11.6 Å². The monoisotopic (exact) mass is 481 g/mol. The van der Waals surface area contributed by atoms with Crippen molar-refractivity contribution in [3.8, 4) is 11.8 Å². The lowest BCUT2D eigenvalue weighted by molar-refractivity contribution is 0.515. The van der Waals surface area contributed by atoms with E-state index < -0.39 is 0 Å². The zero-order valence-electron chi connectivity index (χ0n) is 20.9. The van der Waals surface area contributed by atoms with Crippen LogP contribution in [0.5, 0.6) is 0 Å². The summed E-state index contributed by atoms with van der Waals surface area (Å²) >= 11 is 0. The summed E-state index contributed by atoms with van der Waals surface area (Å²) in [5, 5.41) is 7.67. The Morgan fingerprint density at radius 2 is 1.81 bits per heavy atom. The minimum Gasteiger partial charge on any atom is -0.324 e. The Kier molecular flexibility index (Phi) is 6.74. The molecule has 6 nitrogen and oxygen atoms in total. The first-order valence-corrected chi connectivity index (χ1v) is 13.7. The lowest BCUT2D eigenvalue weighted by atomic mass is 9.99. The Balaban J connectivity index is 1.29. The van der Waals surface area contributed by atoms with Crippen molar-refractivity contribution in [3.05, 3.63) is 58.0 Å². The van der Waals surface area contributed by atoms with Crippen molar-refractivity contribution in [2.24, 2.45) is 11.8 Å². The molecule has 6 rings (SSSR count). The summed E-state index contributed by atoms with van der Waals surface area (Å²) in [7, 11) is 0. The number of nitrogens with zero attached hydrogens (tertiary/aromatic N) is 3. The molecule has 1 unspecified atom stereocenters. The largest absolute Gasteiger partial charge is 0.324 e. The van der Waals surface area contributed by atoms with Crippen molar-refractivity contribution in [1.29, 1.82) is 0 Å². The number of rotatable bonds is 5. The molecule has 1 saturated heterocycles. The third kappa shape index (κ3) is 5.03. The number of nitrogens with one attached hydrogen (secondary N) is 2. The van der Waals surface area contributed by atoms with Gasteiger partial charge in [-0.25, -0.2) is 4.98 Å². The summed E-state index contributed by atoms with van der Waals surface area (Å²) < 4.78 is 1.91. The second-order valence-electron chi connectivity index (χ2n) is 10.8. The second-order valence-corrected chi connectivity index (χ2v) is 10.8. The third-order valence-corrected chi connectivity index (χ3v) is 8.13. The van der Waals surface area contributed by atoms with Crippen LogP contribution in [-0.2, 0) is 6.42 Å². The van der Waals surface area contributed by atoms with Gasteiger partial charge in [-0.1, -0.05) is 49.7 Å². The highest BCUT2D eigenvalue weighted by Gasteiger charge is 2.23. The number of hydrogen-bond acceptors (Lipinski definition) is 5. The van der Waals surface area contributed by atoms with Crippen molar-refractivity contribution >= 4 is 22.7 Å². The first kappa shape index (κ1) is 23.2. The molecule has 6 heteroatoms. The molecule has 2 saturated carbocycles. The molecule has 3 aliphatic rings. The quantitative estimate of drug-likeness (QED) is 0.481. The second kappa shape index (κ2) is 10.4. The fourth-order valence-electron chi connectivity index (χ4n) is 6.10. The molecule has 1 atom stereocenters. The molecular weight excluding hydrogens is 446 g/mol. The van der Waals surface area contributed by atoms with Gasteiger partial charge in [-0.05, 0) is 81.3 Å². The Labute approximate surface area is 212 Å². The molecule has 186 valence electrons.